The molecule has 3 heteroatoms. The number of halogens is 1. The number of hydrogen-bond acceptors (Lipinski definition) is 2. The van der Waals surface area contributed by atoms with Crippen LogP contribution in [0.25, 0.3) is 0 Å². The van der Waals surface area contributed by atoms with Gasteiger partial charge in [-0.3, -0.25) is 0 Å². The highest BCUT2D eigenvalue weighted by Gasteiger charge is 2.46. The van der Waals surface area contributed by atoms with Gasteiger partial charge in [-0.2, -0.15) is 0 Å². The van der Waals surface area contributed by atoms with Gasteiger partial charge in [0.15, 0.2) is 0 Å². The Balaban J connectivity index is 0.00000133. The topological polar surface area (TPSA) is 23.5 Å². The molecule has 1 fully saturated rings. The average molecular weight is 326 g/mol. The van der Waals surface area contributed by atoms with Gasteiger partial charge in [-0.1, -0.05) is 13.0 Å². The Labute approximate surface area is 126 Å². The van der Waals surface area contributed by atoms with E-state index < -0.39 is 0 Å². The predicted octanol–water partition coefficient (Wildman–Crippen LogP) is 3.66. The molecule has 0 bridgehead atoms. The minimum atomic E-state index is 0. The summed E-state index contributed by atoms with van der Waals surface area (Å²) in [6, 6.07) is 6.66. The molecule has 1 aliphatic heterocycles. The molecule has 106 valence electrons. The normalized spacial score (nSPS) is 30.1. The number of hydrogen-bond donors (Lipinski definition) is 1. The molecular weight excluding hydrogens is 302 g/mol. The van der Waals surface area contributed by atoms with E-state index in [4.69, 9.17) is 0 Å². The zero-order valence-electron chi connectivity index (χ0n) is 11.9. The first-order chi connectivity index (χ1) is 8.67. The third-order valence-corrected chi connectivity index (χ3v) is 5.25. The lowest BCUT2D eigenvalue weighted by Crippen LogP contribution is -2.55. The minimum absolute atomic E-state index is 0. The minimum Gasteiger partial charge on any atom is -0.508 e. The van der Waals surface area contributed by atoms with Gasteiger partial charge >= 0.3 is 0 Å². The number of aryl methyl sites for hydroxylation is 1. The molecule has 1 N–H and O–H groups in total. The molecule has 0 aromatic heterocycles. The SMILES string of the molecule is Br.CC[C@@]12CCCN(C)[C@@H]1CCc1ccc(O)cc12. The van der Waals surface area contributed by atoms with Gasteiger partial charge in [0.25, 0.3) is 0 Å². The number of fused-ring (bicyclic) bond motifs is 3. The lowest BCUT2D eigenvalue weighted by Gasteiger charge is -2.52. The summed E-state index contributed by atoms with van der Waals surface area (Å²) >= 11 is 0. The average Bonchev–Trinajstić information content (AvgIpc) is 2.39. The van der Waals surface area contributed by atoms with E-state index in [2.05, 4.69) is 24.9 Å². The van der Waals surface area contributed by atoms with Crippen molar-refractivity contribution in [3.05, 3.63) is 29.3 Å². The van der Waals surface area contributed by atoms with Crippen molar-refractivity contribution in [2.75, 3.05) is 13.6 Å². The van der Waals surface area contributed by atoms with Crippen molar-refractivity contribution in [1.82, 2.24) is 4.90 Å². The first-order valence-electron chi connectivity index (χ1n) is 7.20. The third kappa shape index (κ3) is 2.21. The van der Waals surface area contributed by atoms with E-state index in [1.807, 2.05) is 12.1 Å². The van der Waals surface area contributed by atoms with E-state index in [1.54, 1.807) is 0 Å². The molecule has 0 spiro atoms. The second-order valence-corrected chi connectivity index (χ2v) is 5.99. The number of likely N-dealkylation sites (N-methyl/N-ethyl adjacent to an activating group) is 1. The molecule has 19 heavy (non-hydrogen) atoms. The van der Waals surface area contributed by atoms with Crippen LogP contribution in [0, 0.1) is 0 Å². The summed E-state index contributed by atoms with van der Waals surface area (Å²) in [5.74, 6) is 0.426. The van der Waals surface area contributed by atoms with Crippen molar-refractivity contribution in [3.63, 3.8) is 0 Å². The fraction of sp³-hybridized carbons (Fsp3) is 0.625. The molecule has 2 atom stereocenters. The van der Waals surface area contributed by atoms with Gasteiger partial charge in [0, 0.05) is 11.5 Å². The number of aromatic hydroxyl groups is 1. The zero-order chi connectivity index (χ0) is 12.8. The van der Waals surface area contributed by atoms with Gasteiger partial charge in [0.1, 0.15) is 5.75 Å². The lowest BCUT2D eigenvalue weighted by molar-refractivity contribution is 0.0706. The van der Waals surface area contributed by atoms with Gasteiger partial charge in [0.05, 0.1) is 0 Å². The number of rotatable bonds is 1. The van der Waals surface area contributed by atoms with Crippen LogP contribution in [0.5, 0.6) is 5.75 Å². The van der Waals surface area contributed by atoms with E-state index in [1.165, 1.54) is 43.4 Å². The molecule has 2 aliphatic rings. The summed E-state index contributed by atoms with van der Waals surface area (Å²) in [5.41, 5.74) is 3.16. The summed E-state index contributed by atoms with van der Waals surface area (Å²) in [6.45, 7) is 3.53. The number of phenolic OH excluding ortho intramolecular Hbond substituents is 1. The molecule has 1 aromatic rings. The molecule has 0 radical (unpaired) electrons. The molecule has 1 aromatic carbocycles. The maximum Gasteiger partial charge on any atom is 0.115 e. The fourth-order valence-corrected chi connectivity index (χ4v) is 4.34. The predicted molar refractivity (Wildman–Crippen MR) is 84.4 cm³/mol. The second kappa shape index (κ2) is 5.45. The van der Waals surface area contributed by atoms with Crippen LogP contribution in [-0.2, 0) is 11.8 Å². The van der Waals surface area contributed by atoms with Gasteiger partial charge in [-0.05, 0) is 69.0 Å². The Morgan fingerprint density at radius 3 is 2.95 bits per heavy atom. The first kappa shape index (κ1) is 14.9. The molecule has 2 nitrogen and oxygen atoms in total. The first-order valence-corrected chi connectivity index (χ1v) is 7.20. The molecular formula is C16H24BrNO. The summed E-state index contributed by atoms with van der Waals surface area (Å²) < 4.78 is 0. The Morgan fingerprint density at radius 2 is 2.21 bits per heavy atom. The number of likely N-dealkylation sites (tertiary alicyclic amines) is 1. The number of piperidine rings is 1. The quantitative estimate of drug-likeness (QED) is 0.851. The van der Waals surface area contributed by atoms with Gasteiger partial charge in [0.2, 0.25) is 0 Å². The van der Waals surface area contributed by atoms with Crippen molar-refractivity contribution < 1.29 is 5.11 Å². The van der Waals surface area contributed by atoms with Crippen LogP contribution in [0.3, 0.4) is 0 Å². The van der Waals surface area contributed by atoms with Gasteiger partial charge in [-0.15, -0.1) is 17.0 Å². The van der Waals surface area contributed by atoms with Crippen molar-refractivity contribution in [2.24, 2.45) is 0 Å². The van der Waals surface area contributed by atoms with Crippen molar-refractivity contribution in [3.8, 4) is 5.75 Å². The largest absolute Gasteiger partial charge is 0.508 e. The molecule has 0 amide bonds. The van der Waals surface area contributed by atoms with Gasteiger partial charge < -0.3 is 10.0 Å². The lowest BCUT2D eigenvalue weighted by atomic mass is 9.61. The van der Waals surface area contributed by atoms with E-state index in [9.17, 15) is 5.11 Å². The number of phenols is 1. The molecule has 1 heterocycles. The van der Waals surface area contributed by atoms with E-state index in [0.29, 0.717) is 11.8 Å². The Kier molecular flexibility index (Phi) is 4.26. The Morgan fingerprint density at radius 1 is 1.42 bits per heavy atom. The standard InChI is InChI=1S/C16H23NO.BrH/c1-3-16-9-4-10-17(2)15(16)8-6-12-5-7-13(18)11-14(12)16;/h5,7,11,15,18H,3-4,6,8-10H2,1-2H3;1H/t15-,16+;/m1./s1. The van der Waals surface area contributed by atoms with Crippen LogP contribution in [0.2, 0.25) is 0 Å². The van der Waals surface area contributed by atoms with E-state index in [-0.39, 0.29) is 22.4 Å². The van der Waals surface area contributed by atoms with Crippen LogP contribution in [0.1, 0.15) is 43.7 Å². The Hall–Kier alpha value is -0.540. The van der Waals surface area contributed by atoms with Crippen LogP contribution < -0.4 is 0 Å². The van der Waals surface area contributed by atoms with Crippen LogP contribution in [0.4, 0.5) is 0 Å². The molecule has 0 unspecified atom stereocenters. The third-order valence-electron chi connectivity index (χ3n) is 5.25. The molecule has 3 rings (SSSR count). The highest BCUT2D eigenvalue weighted by atomic mass is 79.9. The summed E-state index contributed by atoms with van der Waals surface area (Å²) in [4.78, 5) is 2.54. The summed E-state index contributed by atoms with van der Waals surface area (Å²) in [5, 5.41) is 9.84. The van der Waals surface area contributed by atoms with Gasteiger partial charge in [-0.25, -0.2) is 0 Å². The highest BCUT2D eigenvalue weighted by molar-refractivity contribution is 8.93. The molecule has 0 saturated carbocycles. The number of benzene rings is 1. The van der Waals surface area contributed by atoms with Crippen molar-refractivity contribution >= 4 is 17.0 Å². The second-order valence-electron chi connectivity index (χ2n) is 5.99. The number of nitrogens with zero attached hydrogens (tertiary/aromatic N) is 1. The Bertz CT molecular complexity index is 462. The van der Waals surface area contributed by atoms with Crippen molar-refractivity contribution in [1.29, 1.82) is 0 Å². The van der Waals surface area contributed by atoms with Crippen molar-refractivity contribution in [2.45, 2.75) is 50.5 Å². The summed E-state index contributed by atoms with van der Waals surface area (Å²) in [6.07, 6.45) is 6.15. The van der Waals surface area contributed by atoms with Crippen LogP contribution in [0.15, 0.2) is 18.2 Å². The highest BCUT2D eigenvalue weighted by Crippen LogP contribution is 2.48. The fourth-order valence-electron chi connectivity index (χ4n) is 4.34. The monoisotopic (exact) mass is 325 g/mol. The molecule has 1 saturated heterocycles. The van der Waals surface area contributed by atoms with Crippen LogP contribution in [-0.4, -0.2) is 29.6 Å². The maximum absolute atomic E-state index is 9.84. The van der Waals surface area contributed by atoms with E-state index >= 15 is 0 Å². The summed E-state index contributed by atoms with van der Waals surface area (Å²) in [7, 11) is 2.27. The zero-order valence-corrected chi connectivity index (χ0v) is 13.6. The molecule has 1 aliphatic carbocycles. The maximum atomic E-state index is 9.84. The van der Waals surface area contributed by atoms with Crippen LogP contribution >= 0.6 is 17.0 Å². The smallest absolute Gasteiger partial charge is 0.115 e. The van der Waals surface area contributed by atoms with E-state index in [0.717, 1.165) is 6.42 Å².